The molecule has 2 N–H and O–H groups in total. The first-order valence-corrected chi connectivity index (χ1v) is 8.92. The number of carbonyl (C=O) groups excluding carboxylic acids is 1. The second-order valence-electron chi connectivity index (χ2n) is 6.47. The first-order valence-electron chi connectivity index (χ1n) is 8.92. The summed E-state index contributed by atoms with van der Waals surface area (Å²) in [5.74, 6) is 0.626. The van der Waals surface area contributed by atoms with E-state index in [-0.39, 0.29) is 16.6 Å². The molecule has 0 atom stereocenters. The van der Waals surface area contributed by atoms with Crippen LogP contribution in [-0.4, -0.2) is 30.0 Å². The van der Waals surface area contributed by atoms with E-state index >= 15 is 0 Å². The molecule has 0 saturated heterocycles. The number of amides is 1. The summed E-state index contributed by atoms with van der Waals surface area (Å²) >= 11 is 0. The lowest BCUT2D eigenvalue weighted by Crippen LogP contribution is -2.46. The molecule has 29 heavy (non-hydrogen) atoms. The minimum atomic E-state index is -0.408. The molecular formula is C22H21N3O4. The van der Waals surface area contributed by atoms with Gasteiger partial charge in [-0.2, -0.15) is 0 Å². The summed E-state index contributed by atoms with van der Waals surface area (Å²) < 4.78 is 5.10. The van der Waals surface area contributed by atoms with Crippen molar-refractivity contribution in [3.8, 4) is 5.75 Å². The molecule has 7 nitrogen and oxygen atoms in total. The predicted molar refractivity (Wildman–Crippen MR) is 113 cm³/mol. The van der Waals surface area contributed by atoms with Gasteiger partial charge in [0.25, 0.3) is 11.1 Å². The Morgan fingerprint density at radius 1 is 0.862 bits per heavy atom. The van der Waals surface area contributed by atoms with E-state index in [9.17, 15) is 14.4 Å². The van der Waals surface area contributed by atoms with Gasteiger partial charge in [-0.3, -0.25) is 14.4 Å². The van der Waals surface area contributed by atoms with Crippen LogP contribution in [0, 0.1) is 0 Å². The van der Waals surface area contributed by atoms with Crippen LogP contribution in [0.4, 0.5) is 5.69 Å². The van der Waals surface area contributed by atoms with Crippen molar-refractivity contribution in [1.29, 1.82) is 0 Å². The summed E-state index contributed by atoms with van der Waals surface area (Å²) in [5.41, 5.74) is 1.41. The van der Waals surface area contributed by atoms with Gasteiger partial charge >= 0.3 is 0 Å². The fourth-order valence-electron chi connectivity index (χ4n) is 2.71. The molecule has 0 aliphatic rings. The van der Waals surface area contributed by atoms with Crippen LogP contribution in [0.5, 0.6) is 5.75 Å². The first-order chi connectivity index (χ1) is 13.9. The Morgan fingerprint density at radius 3 is 1.72 bits per heavy atom. The van der Waals surface area contributed by atoms with E-state index < -0.39 is 11.1 Å². The van der Waals surface area contributed by atoms with Crippen molar-refractivity contribution in [3.63, 3.8) is 0 Å². The lowest BCUT2D eigenvalue weighted by atomic mass is 10.2. The highest BCUT2D eigenvalue weighted by Crippen LogP contribution is 2.14. The molecule has 3 rings (SSSR count). The Balaban J connectivity index is 1.96. The van der Waals surface area contributed by atoms with Crippen LogP contribution < -0.4 is 31.5 Å². The van der Waals surface area contributed by atoms with Crippen LogP contribution in [-0.2, 0) is 4.79 Å². The summed E-state index contributed by atoms with van der Waals surface area (Å²) in [4.78, 5) is 43.0. The molecule has 0 fully saturated rings. The van der Waals surface area contributed by atoms with Crippen molar-refractivity contribution < 1.29 is 9.53 Å². The first kappa shape index (κ1) is 19.9. The molecule has 0 unspecified atom stereocenters. The largest absolute Gasteiger partial charge is 0.497 e. The number of carbonyl (C=O) groups is 1. The molecule has 1 aromatic heterocycles. The maximum absolute atomic E-state index is 12.4. The van der Waals surface area contributed by atoms with Gasteiger partial charge in [0.2, 0.25) is 5.91 Å². The van der Waals surface area contributed by atoms with Gasteiger partial charge in [0.15, 0.2) is 0 Å². The van der Waals surface area contributed by atoms with Crippen LogP contribution in [0.1, 0.15) is 18.1 Å². The van der Waals surface area contributed by atoms with Crippen molar-refractivity contribution in [2.45, 2.75) is 6.92 Å². The third-order valence-corrected chi connectivity index (χ3v) is 4.48. The molecular weight excluding hydrogens is 370 g/mol. The molecule has 0 bridgehead atoms. The Kier molecular flexibility index (Phi) is 5.78. The van der Waals surface area contributed by atoms with E-state index in [1.54, 1.807) is 74.8 Å². The highest BCUT2D eigenvalue weighted by molar-refractivity contribution is 5.90. The van der Waals surface area contributed by atoms with Crippen LogP contribution in [0.3, 0.4) is 0 Å². The number of aromatic amines is 2. The minimum absolute atomic E-state index is 0.0776. The zero-order valence-electron chi connectivity index (χ0n) is 16.4. The molecule has 0 spiro atoms. The Morgan fingerprint density at radius 2 is 1.31 bits per heavy atom. The fraction of sp³-hybridized carbons (Fsp3) is 0.136. The average Bonchev–Trinajstić information content (AvgIpc) is 2.72. The van der Waals surface area contributed by atoms with Gasteiger partial charge in [-0.05, 0) is 47.5 Å². The molecule has 3 aromatic rings. The van der Waals surface area contributed by atoms with Crippen LogP contribution >= 0.6 is 0 Å². The van der Waals surface area contributed by atoms with Gasteiger partial charge in [-0.25, -0.2) is 0 Å². The van der Waals surface area contributed by atoms with E-state index in [4.69, 9.17) is 4.74 Å². The zero-order valence-corrected chi connectivity index (χ0v) is 16.4. The third kappa shape index (κ3) is 4.70. The van der Waals surface area contributed by atoms with Crippen molar-refractivity contribution in [3.05, 3.63) is 91.1 Å². The Labute approximate surface area is 166 Å². The highest BCUT2D eigenvalue weighted by Gasteiger charge is 2.04. The number of aromatic nitrogens is 2. The second kappa shape index (κ2) is 8.43. The number of hydrogen-bond donors (Lipinski definition) is 2. The molecule has 1 heterocycles. The summed E-state index contributed by atoms with van der Waals surface area (Å²) in [5, 5.41) is 0.310. The maximum Gasteiger partial charge on any atom is 0.272 e. The monoisotopic (exact) mass is 391 g/mol. The van der Waals surface area contributed by atoms with E-state index in [2.05, 4.69) is 9.97 Å². The molecule has 1 amide bonds. The predicted octanol–water partition coefficient (Wildman–Crippen LogP) is 0.712. The zero-order chi connectivity index (χ0) is 21.0. The van der Waals surface area contributed by atoms with Crippen LogP contribution in [0.25, 0.3) is 12.2 Å². The van der Waals surface area contributed by atoms with Crippen molar-refractivity contribution in [2.24, 2.45) is 0 Å². The van der Waals surface area contributed by atoms with Gasteiger partial charge < -0.3 is 19.6 Å². The molecule has 0 aliphatic carbocycles. The third-order valence-electron chi connectivity index (χ3n) is 4.48. The fourth-order valence-corrected chi connectivity index (χ4v) is 2.71. The van der Waals surface area contributed by atoms with Crippen molar-refractivity contribution in [2.75, 3.05) is 19.1 Å². The van der Waals surface area contributed by atoms with Crippen molar-refractivity contribution >= 4 is 23.7 Å². The quantitative estimate of drug-likeness (QED) is 0.685. The molecule has 7 heteroatoms. The van der Waals surface area contributed by atoms with E-state index in [1.807, 2.05) is 0 Å². The lowest BCUT2D eigenvalue weighted by Gasteiger charge is -2.14. The van der Waals surface area contributed by atoms with Gasteiger partial charge in [0.05, 0.1) is 7.11 Å². The lowest BCUT2D eigenvalue weighted by molar-refractivity contribution is -0.116. The number of anilines is 1. The average molecular weight is 391 g/mol. The van der Waals surface area contributed by atoms with Gasteiger partial charge in [-0.1, -0.05) is 24.3 Å². The smallest absolute Gasteiger partial charge is 0.272 e. The van der Waals surface area contributed by atoms with Gasteiger partial charge in [0, 0.05) is 19.7 Å². The number of hydrogen-bond acceptors (Lipinski definition) is 4. The number of methoxy groups -OCH3 is 1. The summed E-state index contributed by atoms with van der Waals surface area (Å²) in [6, 6.07) is 14.2. The normalized spacial score (nSPS) is 12.1. The van der Waals surface area contributed by atoms with Gasteiger partial charge in [0.1, 0.15) is 16.4 Å². The number of nitrogens with one attached hydrogen (secondary N) is 2. The molecule has 148 valence electrons. The molecule has 2 aromatic carbocycles. The molecule has 0 radical (unpaired) electrons. The number of ether oxygens (including phenoxy) is 1. The number of nitrogens with zero attached hydrogens (tertiary/aromatic N) is 1. The second-order valence-corrected chi connectivity index (χ2v) is 6.47. The Hall–Kier alpha value is -3.87. The molecule has 0 saturated carbocycles. The summed E-state index contributed by atoms with van der Waals surface area (Å²) in [7, 11) is 3.26. The minimum Gasteiger partial charge on any atom is -0.497 e. The van der Waals surface area contributed by atoms with Crippen molar-refractivity contribution in [1.82, 2.24) is 9.97 Å². The van der Waals surface area contributed by atoms with Crippen LogP contribution in [0.15, 0.2) is 58.1 Å². The summed E-state index contributed by atoms with van der Waals surface area (Å²) in [6.07, 6.45) is 3.17. The van der Waals surface area contributed by atoms with E-state index in [0.29, 0.717) is 5.75 Å². The Bertz CT molecular complexity index is 1250. The van der Waals surface area contributed by atoms with E-state index in [0.717, 1.165) is 16.8 Å². The topological polar surface area (TPSA) is 95.3 Å². The standard InChI is InChI=1S/C22H21N3O4/c1-14(26)25(2)17-8-4-15(5-9-17)12-19-21(27)24-20(22(28)23-19)13-16-6-10-18(29-3)11-7-16/h4-13H,1-3H3,(H,23,28)(H,24,27). The number of H-pyrrole nitrogens is 2. The summed E-state index contributed by atoms with van der Waals surface area (Å²) in [6.45, 7) is 1.48. The maximum atomic E-state index is 12.4. The number of rotatable bonds is 4. The van der Waals surface area contributed by atoms with E-state index in [1.165, 1.54) is 11.8 Å². The van der Waals surface area contributed by atoms with Gasteiger partial charge in [-0.15, -0.1) is 0 Å². The number of benzene rings is 2. The molecule has 0 aliphatic heterocycles. The van der Waals surface area contributed by atoms with Crippen LogP contribution in [0.2, 0.25) is 0 Å². The SMILES string of the molecule is COc1ccc(C=c2[nH]c(=O)c(=Cc3ccc(N(C)C(C)=O)cc3)[nH]c2=O)cc1. The highest BCUT2D eigenvalue weighted by atomic mass is 16.5.